The van der Waals surface area contributed by atoms with Crippen LogP contribution in [0.15, 0.2) is 0 Å². The number of rotatable bonds is 6. The van der Waals surface area contributed by atoms with E-state index in [1.165, 1.54) is 12.8 Å². The molecular formula is C15H25NO3. The highest BCUT2D eigenvalue weighted by atomic mass is 16.4. The summed E-state index contributed by atoms with van der Waals surface area (Å²) in [4.78, 5) is 23.4. The maximum absolute atomic E-state index is 12.2. The van der Waals surface area contributed by atoms with Crippen LogP contribution in [0.4, 0.5) is 0 Å². The number of carbonyl (C=O) groups excluding carboxylic acids is 1. The second-order valence-corrected chi connectivity index (χ2v) is 6.36. The molecule has 0 aromatic heterocycles. The third-order valence-electron chi connectivity index (χ3n) is 4.92. The first-order valence-electron chi connectivity index (χ1n) is 7.53. The van der Waals surface area contributed by atoms with Crippen LogP contribution in [0.2, 0.25) is 0 Å². The van der Waals surface area contributed by atoms with Gasteiger partial charge in [-0.1, -0.05) is 20.3 Å². The van der Waals surface area contributed by atoms with Gasteiger partial charge in [-0.15, -0.1) is 0 Å². The Hall–Kier alpha value is -1.06. The molecule has 0 radical (unpaired) electrons. The van der Waals surface area contributed by atoms with E-state index in [9.17, 15) is 14.7 Å². The molecule has 0 heterocycles. The molecule has 0 spiro atoms. The van der Waals surface area contributed by atoms with Crippen molar-refractivity contribution in [1.29, 1.82) is 0 Å². The number of hydrogen-bond donors (Lipinski definition) is 2. The van der Waals surface area contributed by atoms with Gasteiger partial charge in [-0.05, 0) is 43.4 Å². The zero-order valence-electron chi connectivity index (χ0n) is 11.9. The third kappa shape index (κ3) is 3.48. The Morgan fingerprint density at radius 2 is 1.89 bits per heavy atom. The van der Waals surface area contributed by atoms with Gasteiger partial charge in [0, 0.05) is 6.54 Å². The zero-order valence-corrected chi connectivity index (χ0v) is 11.9. The molecule has 0 saturated heterocycles. The summed E-state index contributed by atoms with van der Waals surface area (Å²) in [5.74, 6) is 0.00748. The van der Waals surface area contributed by atoms with Gasteiger partial charge in [-0.3, -0.25) is 9.59 Å². The molecule has 0 bridgehead atoms. The summed E-state index contributed by atoms with van der Waals surface area (Å²) in [5.41, 5.74) is 0. The number of carboxylic acid groups (broad SMARTS) is 1. The highest BCUT2D eigenvalue weighted by molar-refractivity contribution is 5.85. The standard InChI is InChI=1S/C15H25NO3/c1-3-10-6-12(13(7-10)15(18)19)14(17)16-8-9(2)11-4-5-11/h9-13H,3-8H2,1-2H3,(H,16,17)(H,18,19)/t9?,10?,12-,13+/m0/s1. The molecule has 0 aromatic carbocycles. The lowest BCUT2D eigenvalue weighted by Crippen LogP contribution is -2.37. The van der Waals surface area contributed by atoms with Gasteiger partial charge < -0.3 is 10.4 Å². The largest absolute Gasteiger partial charge is 0.481 e. The van der Waals surface area contributed by atoms with Gasteiger partial charge in [0.25, 0.3) is 0 Å². The lowest BCUT2D eigenvalue weighted by Gasteiger charge is -2.17. The Kier molecular flexibility index (Phi) is 4.48. The summed E-state index contributed by atoms with van der Waals surface area (Å²) >= 11 is 0. The second-order valence-electron chi connectivity index (χ2n) is 6.36. The van der Waals surface area contributed by atoms with E-state index in [0.29, 0.717) is 24.8 Å². The lowest BCUT2D eigenvalue weighted by atomic mass is 9.95. The molecule has 1 amide bonds. The Labute approximate surface area is 115 Å². The van der Waals surface area contributed by atoms with Crippen molar-refractivity contribution in [1.82, 2.24) is 5.32 Å². The van der Waals surface area contributed by atoms with Crippen molar-refractivity contribution < 1.29 is 14.7 Å². The normalized spacial score (nSPS) is 32.0. The van der Waals surface area contributed by atoms with E-state index >= 15 is 0 Å². The van der Waals surface area contributed by atoms with Crippen LogP contribution in [0.1, 0.15) is 46.0 Å². The van der Waals surface area contributed by atoms with Gasteiger partial charge in [-0.2, -0.15) is 0 Å². The highest BCUT2D eigenvalue weighted by Gasteiger charge is 2.42. The van der Waals surface area contributed by atoms with Crippen molar-refractivity contribution in [3.63, 3.8) is 0 Å². The van der Waals surface area contributed by atoms with Gasteiger partial charge in [0.1, 0.15) is 0 Å². The summed E-state index contributed by atoms with van der Waals surface area (Å²) < 4.78 is 0. The summed E-state index contributed by atoms with van der Waals surface area (Å²) in [6.45, 7) is 4.93. The first-order chi connectivity index (χ1) is 9.02. The van der Waals surface area contributed by atoms with Gasteiger partial charge in [0.15, 0.2) is 0 Å². The van der Waals surface area contributed by atoms with Crippen LogP contribution in [-0.4, -0.2) is 23.5 Å². The quantitative estimate of drug-likeness (QED) is 0.776. The number of carbonyl (C=O) groups is 2. The van der Waals surface area contributed by atoms with Crippen molar-refractivity contribution >= 4 is 11.9 Å². The number of hydrogen-bond acceptors (Lipinski definition) is 2. The van der Waals surface area contributed by atoms with Gasteiger partial charge >= 0.3 is 5.97 Å². The fraction of sp³-hybridized carbons (Fsp3) is 0.867. The summed E-state index contributed by atoms with van der Waals surface area (Å²) in [7, 11) is 0. The molecule has 2 aliphatic carbocycles. The molecule has 19 heavy (non-hydrogen) atoms. The van der Waals surface area contributed by atoms with Crippen molar-refractivity contribution in [2.45, 2.75) is 46.0 Å². The fourth-order valence-electron chi connectivity index (χ4n) is 3.26. The number of nitrogens with one attached hydrogen (secondary N) is 1. The summed E-state index contributed by atoms with van der Waals surface area (Å²) in [5, 5.41) is 12.2. The number of carboxylic acids is 1. The average molecular weight is 267 g/mol. The van der Waals surface area contributed by atoms with Crippen LogP contribution in [0.5, 0.6) is 0 Å². The summed E-state index contributed by atoms with van der Waals surface area (Å²) in [6.07, 6.45) is 4.90. The lowest BCUT2D eigenvalue weighted by molar-refractivity contribution is -0.146. The molecule has 108 valence electrons. The van der Waals surface area contributed by atoms with Gasteiger partial charge in [-0.25, -0.2) is 0 Å². The van der Waals surface area contributed by atoms with Crippen LogP contribution in [0.3, 0.4) is 0 Å². The molecule has 2 fully saturated rings. The molecule has 4 heteroatoms. The molecule has 2 N–H and O–H groups in total. The van der Waals surface area contributed by atoms with Crippen molar-refractivity contribution in [3.8, 4) is 0 Å². The fourth-order valence-corrected chi connectivity index (χ4v) is 3.26. The summed E-state index contributed by atoms with van der Waals surface area (Å²) in [6, 6.07) is 0. The number of amides is 1. The van der Waals surface area contributed by atoms with Gasteiger partial charge in [0.05, 0.1) is 11.8 Å². The monoisotopic (exact) mass is 267 g/mol. The van der Waals surface area contributed by atoms with Crippen LogP contribution >= 0.6 is 0 Å². The molecule has 2 aliphatic rings. The molecule has 2 saturated carbocycles. The van der Waals surface area contributed by atoms with E-state index < -0.39 is 11.9 Å². The van der Waals surface area contributed by atoms with Crippen molar-refractivity contribution in [2.24, 2.45) is 29.6 Å². The maximum atomic E-state index is 12.2. The topological polar surface area (TPSA) is 66.4 Å². The first kappa shape index (κ1) is 14.4. The maximum Gasteiger partial charge on any atom is 0.307 e. The second kappa shape index (κ2) is 5.93. The van der Waals surface area contributed by atoms with E-state index in [4.69, 9.17) is 0 Å². The van der Waals surface area contributed by atoms with E-state index in [2.05, 4.69) is 19.2 Å². The Balaban J connectivity index is 1.86. The van der Waals surface area contributed by atoms with Crippen LogP contribution < -0.4 is 5.32 Å². The molecule has 2 rings (SSSR count). The molecule has 4 atom stereocenters. The molecule has 0 aliphatic heterocycles. The smallest absolute Gasteiger partial charge is 0.307 e. The van der Waals surface area contributed by atoms with Gasteiger partial charge in [0.2, 0.25) is 5.91 Å². The zero-order chi connectivity index (χ0) is 14.0. The predicted octanol–water partition coefficient (Wildman–Crippen LogP) is 2.29. The molecular weight excluding hydrogens is 242 g/mol. The molecule has 2 unspecified atom stereocenters. The molecule has 4 nitrogen and oxygen atoms in total. The Morgan fingerprint density at radius 1 is 1.26 bits per heavy atom. The molecule has 0 aromatic rings. The van der Waals surface area contributed by atoms with Crippen LogP contribution in [0, 0.1) is 29.6 Å². The minimum atomic E-state index is -0.814. The third-order valence-corrected chi connectivity index (χ3v) is 4.92. The minimum absolute atomic E-state index is 0.0455. The van der Waals surface area contributed by atoms with E-state index in [0.717, 1.165) is 18.8 Å². The predicted molar refractivity (Wildman–Crippen MR) is 72.5 cm³/mol. The van der Waals surface area contributed by atoms with Crippen molar-refractivity contribution in [2.75, 3.05) is 6.54 Å². The minimum Gasteiger partial charge on any atom is -0.481 e. The number of aliphatic carboxylic acids is 1. The van der Waals surface area contributed by atoms with E-state index in [-0.39, 0.29) is 11.8 Å². The van der Waals surface area contributed by atoms with Crippen molar-refractivity contribution in [3.05, 3.63) is 0 Å². The Morgan fingerprint density at radius 3 is 2.42 bits per heavy atom. The van der Waals surface area contributed by atoms with E-state index in [1.807, 2.05) is 0 Å². The van der Waals surface area contributed by atoms with Crippen LogP contribution in [-0.2, 0) is 9.59 Å². The SMILES string of the molecule is CCC1C[C@H](C(=O)NCC(C)C2CC2)[C@H](C(=O)O)C1. The van der Waals surface area contributed by atoms with E-state index in [1.54, 1.807) is 0 Å². The Bertz CT molecular complexity index is 351. The average Bonchev–Trinajstić information content (AvgIpc) is 3.13. The first-order valence-corrected chi connectivity index (χ1v) is 7.53. The highest BCUT2D eigenvalue weighted by Crippen LogP contribution is 2.39. The van der Waals surface area contributed by atoms with Crippen LogP contribution in [0.25, 0.3) is 0 Å².